The third-order valence-electron chi connectivity index (χ3n) is 4.36. The fourth-order valence-electron chi connectivity index (χ4n) is 2.81. The fourth-order valence-corrected chi connectivity index (χ4v) is 3.80. The minimum absolute atomic E-state index is 0.0585. The highest BCUT2D eigenvalue weighted by atomic mass is 32.2. The molecule has 0 spiro atoms. The Morgan fingerprint density at radius 1 is 1.03 bits per heavy atom. The van der Waals surface area contributed by atoms with Crippen LogP contribution in [0.5, 0.6) is 5.75 Å². The average molecular weight is 429 g/mol. The molecule has 0 fully saturated rings. The van der Waals surface area contributed by atoms with E-state index in [4.69, 9.17) is 9.15 Å². The molecule has 2 aromatic carbocycles. The predicted molar refractivity (Wildman–Crippen MR) is 114 cm³/mol. The van der Waals surface area contributed by atoms with Gasteiger partial charge in [-0.15, -0.1) is 0 Å². The smallest absolute Gasteiger partial charge is 0.262 e. The summed E-state index contributed by atoms with van der Waals surface area (Å²) >= 11 is 0. The zero-order valence-corrected chi connectivity index (χ0v) is 17.6. The zero-order valence-electron chi connectivity index (χ0n) is 16.8. The molecule has 3 rings (SSSR count). The molecule has 0 saturated heterocycles. The van der Waals surface area contributed by atoms with Gasteiger partial charge in [0.15, 0.2) is 6.61 Å². The summed E-state index contributed by atoms with van der Waals surface area (Å²) in [6.07, 6.45) is 1.48. The number of rotatable bonds is 9. The fraction of sp³-hybridized carbons (Fsp3) is 0.227. The SMILES string of the molecule is CC(C)c1ccccc1OCC(=O)Nc1ccc(S(=O)(=O)NCc2ccco2)cc1. The summed E-state index contributed by atoms with van der Waals surface area (Å²) in [5.41, 5.74) is 1.51. The largest absolute Gasteiger partial charge is 0.483 e. The number of carbonyl (C=O) groups excluding carboxylic acids is 1. The number of carbonyl (C=O) groups is 1. The van der Waals surface area contributed by atoms with Crippen LogP contribution in [0.2, 0.25) is 0 Å². The molecule has 0 aliphatic rings. The van der Waals surface area contributed by atoms with E-state index in [0.29, 0.717) is 17.2 Å². The van der Waals surface area contributed by atoms with E-state index in [9.17, 15) is 13.2 Å². The number of amides is 1. The van der Waals surface area contributed by atoms with Gasteiger partial charge in [-0.2, -0.15) is 0 Å². The number of para-hydroxylation sites is 1. The van der Waals surface area contributed by atoms with Gasteiger partial charge in [0.05, 0.1) is 17.7 Å². The van der Waals surface area contributed by atoms with E-state index in [2.05, 4.69) is 23.9 Å². The number of nitrogens with one attached hydrogen (secondary N) is 2. The lowest BCUT2D eigenvalue weighted by atomic mass is 10.0. The molecule has 0 aliphatic heterocycles. The van der Waals surface area contributed by atoms with E-state index in [-0.39, 0.29) is 29.9 Å². The Morgan fingerprint density at radius 3 is 2.43 bits per heavy atom. The molecule has 0 radical (unpaired) electrons. The maximum atomic E-state index is 12.3. The molecule has 0 saturated carbocycles. The highest BCUT2D eigenvalue weighted by Gasteiger charge is 2.15. The number of sulfonamides is 1. The van der Waals surface area contributed by atoms with Crippen molar-refractivity contribution in [1.82, 2.24) is 4.72 Å². The van der Waals surface area contributed by atoms with Crippen LogP contribution in [0, 0.1) is 0 Å². The number of anilines is 1. The van der Waals surface area contributed by atoms with E-state index in [1.165, 1.54) is 30.5 Å². The van der Waals surface area contributed by atoms with Crippen molar-refractivity contribution in [2.24, 2.45) is 0 Å². The van der Waals surface area contributed by atoms with Crippen molar-refractivity contribution in [2.45, 2.75) is 31.2 Å². The molecule has 0 atom stereocenters. The Labute approximate surface area is 176 Å². The summed E-state index contributed by atoms with van der Waals surface area (Å²) in [6, 6.07) is 16.9. The van der Waals surface area contributed by atoms with Crippen LogP contribution in [0.25, 0.3) is 0 Å². The summed E-state index contributed by atoms with van der Waals surface area (Å²) in [6.45, 7) is 4.03. The number of benzene rings is 2. The maximum Gasteiger partial charge on any atom is 0.262 e. The summed E-state index contributed by atoms with van der Waals surface area (Å²) in [7, 11) is -3.69. The Balaban J connectivity index is 1.55. The van der Waals surface area contributed by atoms with Crippen LogP contribution in [0.4, 0.5) is 5.69 Å². The number of hydrogen-bond acceptors (Lipinski definition) is 5. The highest BCUT2D eigenvalue weighted by molar-refractivity contribution is 7.89. The van der Waals surface area contributed by atoms with Gasteiger partial charge in [-0.25, -0.2) is 13.1 Å². The molecule has 1 heterocycles. The van der Waals surface area contributed by atoms with E-state index in [1.54, 1.807) is 12.1 Å². The van der Waals surface area contributed by atoms with Gasteiger partial charge in [0.2, 0.25) is 10.0 Å². The summed E-state index contributed by atoms with van der Waals surface area (Å²) < 4.78 is 37.9. The molecule has 1 aromatic heterocycles. The molecule has 0 unspecified atom stereocenters. The molecule has 7 nitrogen and oxygen atoms in total. The maximum absolute atomic E-state index is 12.3. The second-order valence-electron chi connectivity index (χ2n) is 6.96. The van der Waals surface area contributed by atoms with Crippen molar-refractivity contribution in [2.75, 3.05) is 11.9 Å². The Bertz CT molecular complexity index is 1070. The van der Waals surface area contributed by atoms with Gasteiger partial charge in [0, 0.05) is 5.69 Å². The lowest BCUT2D eigenvalue weighted by Crippen LogP contribution is -2.23. The molecule has 8 heteroatoms. The first kappa shape index (κ1) is 21.6. The summed E-state index contributed by atoms with van der Waals surface area (Å²) in [5.74, 6) is 1.13. The van der Waals surface area contributed by atoms with E-state index < -0.39 is 10.0 Å². The van der Waals surface area contributed by atoms with Crippen LogP contribution in [-0.2, 0) is 21.4 Å². The normalized spacial score (nSPS) is 11.4. The van der Waals surface area contributed by atoms with E-state index in [1.807, 2.05) is 24.3 Å². The van der Waals surface area contributed by atoms with Gasteiger partial charge < -0.3 is 14.5 Å². The first-order chi connectivity index (χ1) is 14.3. The van der Waals surface area contributed by atoms with Gasteiger partial charge in [-0.1, -0.05) is 32.0 Å². The highest BCUT2D eigenvalue weighted by Crippen LogP contribution is 2.25. The van der Waals surface area contributed by atoms with Crippen LogP contribution in [0.1, 0.15) is 31.1 Å². The number of hydrogen-bond donors (Lipinski definition) is 2. The Hall–Kier alpha value is -3.10. The predicted octanol–water partition coefficient (Wildman–Crippen LogP) is 3.90. The molecule has 3 aromatic rings. The van der Waals surface area contributed by atoms with Crippen LogP contribution in [0.3, 0.4) is 0 Å². The van der Waals surface area contributed by atoms with E-state index >= 15 is 0 Å². The van der Waals surface area contributed by atoms with Gasteiger partial charge in [0.25, 0.3) is 5.91 Å². The molecule has 0 aliphatic carbocycles. The molecular formula is C22H24N2O5S. The second kappa shape index (κ2) is 9.60. The number of ether oxygens (including phenoxy) is 1. The van der Waals surface area contributed by atoms with Gasteiger partial charge in [-0.3, -0.25) is 4.79 Å². The van der Waals surface area contributed by atoms with Gasteiger partial charge in [0.1, 0.15) is 11.5 Å². The van der Waals surface area contributed by atoms with E-state index in [0.717, 1.165) is 5.56 Å². The molecule has 2 N–H and O–H groups in total. The molecule has 30 heavy (non-hydrogen) atoms. The van der Waals surface area contributed by atoms with Gasteiger partial charge >= 0.3 is 0 Å². The van der Waals surface area contributed by atoms with Crippen molar-refractivity contribution in [3.05, 3.63) is 78.3 Å². The summed E-state index contributed by atoms with van der Waals surface area (Å²) in [5, 5.41) is 2.70. The Kier molecular flexibility index (Phi) is 6.91. The van der Waals surface area contributed by atoms with Crippen LogP contribution in [-0.4, -0.2) is 20.9 Å². The van der Waals surface area contributed by atoms with Gasteiger partial charge in [-0.05, 0) is 53.9 Å². The van der Waals surface area contributed by atoms with Crippen molar-refractivity contribution in [3.8, 4) is 5.75 Å². The molecular weight excluding hydrogens is 404 g/mol. The van der Waals surface area contributed by atoms with Crippen LogP contribution in [0.15, 0.2) is 76.2 Å². The molecule has 158 valence electrons. The topological polar surface area (TPSA) is 97.6 Å². The quantitative estimate of drug-likeness (QED) is 0.539. The molecule has 0 bridgehead atoms. The lowest BCUT2D eigenvalue weighted by molar-refractivity contribution is -0.118. The first-order valence-corrected chi connectivity index (χ1v) is 11.0. The second-order valence-corrected chi connectivity index (χ2v) is 8.72. The van der Waals surface area contributed by atoms with Crippen molar-refractivity contribution >= 4 is 21.6 Å². The van der Waals surface area contributed by atoms with Crippen molar-refractivity contribution in [3.63, 3.8) is 0 Å². The standard InChI is InChI=1S/C22H24N2O5S/c1-16(2)20-7-3-4-8-21(20)29-15-22(25)24-17-9-11-19(12-10-17)30(26,27)23-14-18-6-5-13-28-18/h3-13,16,23H,14-15H2,1-2H3,(H,24,25). The zero-order chi connectivity index (χ0) is 21.6. The van der Waals surface area contributed by atoms with Crippen molar-refractivity contribution < 1.29 is 22.4 Å². The lowest BCUT2D eigenvalue weighted by Gasteiger charge is -2.14. The monoisotopic (exact) mass is 428 g/mol. The van der Waals surface area contributed by atoms with Crippen molar-refractivity contribution in [1.29, 1.82) is 0 Å². The third kappa shape index (κ3) is 5.71. The van der Waals surface area contributed by atoms with Crippen LogP contribution < -0.4 is 14.8 Å². The minimum Gasteiger partial charge on any atom is -0.483 e. The number of furan rings is 1. The minimum atomic E-state index is -3.69. The summed E-state index contributed by atoms with van der Waals surface area (Å²) in [4.78, 5) is 12.3. The third-order valence-corrected chi connectivity index (χ3v) is 5.78. The average Bonchev–Trinajstić information content (AvgIpc) is 3.25. The first-order valence-electron chi connectivity index (χ1n) is 9.49. The van der Waals surface area contributed by atoms with Crippen LogP contribution >= 0.6 is 0 Å². The Morgan fingerprint density at radius 2 is 1.77 bits per heavy atom. The molecule has 1 amide bonds.